The Morgan fingerprint density at radius 3 is 2.79 bits per heavy atom. The summed E-state index contributed by atoms with van der Waals surface area (Å²) in [6.07, 6.45) is -0.128. The molecule has 0 aromatic carbocycles. The predicted molar refractivity (Wildman–Crippen MR) is 53.9 cm³/mol. The van der Waals surface area contributed by atoms with Crippen LogP contribution in [0.5, 0.6) is 0 Å². The third kappa shape index (κ3) is 2.30. The molecule has 0 bridgehead atoms. The molecule has 1 N–H and O–H groups in total. The van der Waals surface area contributed by atoms with E-state index in [-0.39, 0.29) is 11.8 Å². The number of carboxylic acid groups (broad SMARTS) is 1. The van der Waals surface area contributed by atoms with Crippen molar-refractivity contribution in [3.05, 3.63) is 15.6 Å². The maximum atomic E-state index is 10.7. The smallest absolute Gasteiger partial charge is 0.355 e. The van der Waals surface area contributed by atoms with Crippen LogP contribution >= 0.6 is 11.3 Å². The summed E-state index contributed by atoms with van der Waals surface area (Å²) in [6, 6.07) is 0. The van der Waals surface area contributed by atoms with Gasteiger partial charge in [0.25, 0.3) is 0 Å². The van der Waals surface area contributed by atoms with Gasteiger partial charge < -0.3 is 9.84 Å². The summed E-state index contributed by atoms with van der Waals surface area (Å²) in [5.74, 6) is -0.978. The monoisotopic (exact) mass is 215 g/mol. The highest BCUT2D eigenvalue weighted by atomic mass is 32.1. The predicted octanol–water partition coefficient (Wildman–Crippen LogP) is 2.25. The molecule has 1 unspecified atom stereocenters. The zero-order valence-electron chi connectivity index (χ0n) is 8.40. The zero-order chi connectivity index (χ0) is 10.7. The number of aromatic carboxylic acids is 1. The molecule has 0 amide bonds. The van der Waals surface area contributed by atoms with Crippen molar-refractivity contribution in [2.45, 2.75) is 26.9 Å². The van der Waals surface area contributed by atoms with Crippen molar-refractivity contribution in [2.75, 3.05) is 6.61 Å². The molecule has 1 aromatic rings. The Balaban J connectivity index is 2.90. The molecule has 1 rings (SSSR count). The van der Waals surface area contributed by atoms with Crippen molar-refractivity contribution in [1.82, 2.24) is 4.98 Å². The second-order valence-corrected chi connectivity index (χ2v) is 4.09. The first kappa shape index (κ1) is 11.1. The first-order valence-electron chi connectivity index (χ1n) is 4.38. The summed E-state index contributed by atoms with van der Waals surface area (Å²) in [7, 11) is 0. The summed E-state index contributed by atoms with van der Waals surface area (Å²) in [6.45, 7) is 6.12. The van der Waals surface area contributed by atoms with Crippen LogP contribution in [0.15, 0.2) is 0 Å². The fraction of sp³-hybridized carbons (Fsp3) is 0.556. The Hall–Kier alpha value is -0.940. The summed E-state index contributed by atoms with van der Waals surface area (Å²) in [5.41, 5.74) is 0.136. The van der Waals surface area contributed by atoms with Crippen molar-refractivity contribution < 1.29 is 14.6 Å². The van der Waals surface area contributed by atoms with E-state index >= 15 is 0 Å². The number of rotatable bonds is 4. The van der Waals surface area contributed by atoms with Gasteiger partial charge in [-0.3, -0.25) is 0 Å². The van der Waals surface area contributed by atoms with E-state index in [2.05, 4.69) is 4.98 Å². The van der Waals surface area contributed by atoms with E-state index in [1.807, 2.05) is 13.8 Å². The number of thiazole rings is 1. The van der Waals surface area contributed by atoms with Gasteiger partial charge in [-0.15, -0.1) is 11.3 Å². The highest BCUT2D eigenvalue weighted by Crippen LogP contribution is 2.25. The number of aromatic nitrogens is 1. The van der Waals surface area contributed by atoms with E-state index in [1.54, 1.807) is 6.92 Å². The molecule has 0 fully saturated rings. The fourth-order valence-electron chi connectivity index (χ4n) is 1.11. The lowest BCUT2D eigenvalue weighted by atomic mass is 10.4. The van der Waals surface area contributed by atoms with Crippen molar-refractivity contribution in [2.24, 2.45) is 0 Å². The Morgan fingerprint density at radius 1 is 1.71 bits per heavy atom. The summed E-state index contributed by atoms with van der Waals surface area (Å²) >= 11 is 1.37. The van der Waals surface area contributed by atoms with Crippen LogP contribution in [-0.2, 0) is 4.74 Å². The molecule has 0 aliphatic heterocycles. The van der Waals surface area contributed by atoms with Crippen LogP contribution in [-0.4, -0.2) is 22.7 Å². The van der Waals surface area contributed by atoms with Crippen molar-refractivity contribution in [1.29, 1.82) is 0 Å². The molecule has 0 aliphatic rings. The van der Waals surface area contributed by atoms with Crippen LogP contribution in [0.3, 0.4) is 0 Å². The van der Waals surface area contributed by atoms with Gasteiger partial charge in [0.05, 0.1) is 0 Å². The molecule has 14 heavy (non-hydrogen) atoms. The first-order valence-corrected chi connectivity index (χ1v) is 5.20. The van der Waals surface area contributed by atoms with E-state index in [9.17, 15) is 4.79 Å². The average molecular weight is 215 g/mol. The number of nitrogens with zero attached hydrogens (tertiary/aromatic N) is 1. The summed E-state index contributed by atoms with van der Waals surface area (Å²) < 4.78 is 5.33. The van der Waals surface area contributed by atoms with Gasteiger partial charge in [0.2, 0.25) is 0 Å². The van der Waals surface area contributed by atoms with Gasteiger partial charge in [-0.2, -0.15) is 0 Å². The molecule has 0 saturated carbocycles. The largest absolute Gasteiger partial charge is 0.476 e. The van der Waals surface area contributed by atoms with Crippen LogP contribution < -0.4 is 0 Å². The van der Waals surface area contributed by atoms with Crippen LogP contribution in [0.25, 0.3) is 0 Å². The van der Waals surface area contributed by atoms with Gasteiger partial charge in [0.15, 0.2) is 5.69 Å². The normalized spacial score (nSPS) is 12.8. The van der Waals surface area contributed by atoms with Gasteiger partial charge in [-0.05, 0) is 20.8 Å². The summed E-state index contributed by atoms with van der Waals surface area (Å²) in [5, 5.41) is 9.52. The first-order chi connectivity index (χ1) is 6.56. The SMILES string of the molecule is CCOC(C)c1nc(C(=O)O)c(C)s1. The van der Waals surface area contributed by atoms with Crippen LogP contribution in [0.2, 0.25) is 0 Å². The minimum absolute atomic E-state index is 0.128. The Labute approximate surface area is 86.6 Å². The third-order valence-electron chi connectivity index (χ3n) is 1.78. The van der Waals surface area contributed by atoms with E-state index in [1.165, 1.54) is 11.3 Å². The average Bonchev–Trinajstić information content (AvgIpc) is 2.48. The fourth-order valence-corrected chi connectivity index (χ4v) is 2.02. The maximum Gasteiger partial charge on any atom is 0.355 e. The van der Waals surface area contributed by atoms with Gasteiger partial charge in [0.1, 0.15) is 11.1 Å². The second kappa shape index (κ2) is 4.52. The molecule has 0 radical (unpaired) electrons. The van der Waals surface area contributed by atoms with Crippen LogP contribution in [0.1, 0.15) is 40.3 Å². The lowest BCUT2D eigenvalue weighted by Crippen LogP contribution is -2.02. The van der Waals surface area contributed by atoms with E-state index in [4.69, 9.17) is 9.84 Å². The van der Waals surface area contributed by atoms with Crippen LogP contribution in [0.4, 0.5) is 0 Å². The molecule has 5 heteroatoms. The number of hydrogen-bond acceptors (Lipinski definition) is 4. The summed E-state index contributed by atoms with van der Waals surface area (Å²) in [4.78, 5) is 15.5. The molecule has 1 aromatic heterocycles. The van der Waals surface area contributed by atoms with Crippen LogP contribution in [0, 0.1) is 6.92 Å². The molecule has 78 valence electrons. The van der Waals surface area contributed by atoms with Gasteiger partial charge in [-0.25, -0.2) is 9.78 Å². The maximum absolute atomic E-state index is 10.7. The zero-order valence-corrected chi connectivity index (χ0v) is 9.22. The number of carboxylic acids is 1. The molecule has 0 aliphatic carbocycles. The Morgan fingerprint density at radius 2 is 2.36 bits per heavy atom. The highest BCUT2D eigenvalue weighted by Gasteiger charge is 2.17. The number of carbonyl (C=O) groups is 1. The van der Waals surface area contributed by atoms with E-state index in [0.29, 0.717) is 6.61 Å². The number of aryl methyl sites for hydroxylation is 1. The lowest BCUT2D eigenvalue weighted by Gasteiger charge is -2.06. The van der Waals surface area contributed by atoms with Gasteiger partial charge >= 0.3 is 5.97 Å². The van der Waals surface area contributed by atoms with Crippen molar-refractivity contribution in [3.63, 3.8) is 0 Å². The molecular formula is C9H13NO3S. The second-order valence-electron chi connectivity index (χ2n) is 2.86. The van der Waals surface area contributed by atoms with E-state index in [0.717, 1.165) is 9.88 Å². The van der Waals surface area contributed by atoms with Gasteiger partial charge in [0, 0.05) is 11.5 Å². The number of hydrogen-bond donors (Lipinski definition) is 1. The molecule has 0 spiro atoms. The topological polar surface area (TPSA) is 59.4 Å². The van der Waals surface area contributed by atoms with Crippen molar-refractivity contribution in [3.8, 4) is 0 Å². The Kier molecular flexibility index (Phi) is 3.60. The molecule has 0 saturated heterocycles. The minimum Gasteiger partial charge on any atom is -0.476 e. The third-order valence-corrected chi connectivity index (χ3v) is 2.91. The number of ether oxygens (including phenoxy) is 1. The molecule has 1 heterocycles. The molecular weight excluding hydrogens is 202 g/mol. The Bertz CT molecular complexity index is 335. The molecule has 1 atom stereocenters. The standard InChI is InChI=1S/C9H13NO3S/c1-4-13-5(2)8-10-7(9(11)12)6(3)14-8/h5H,4H2,1-3H3,(H,11,12). The lowest BCUT2D eigenvalue weighted by molar-refractivity contribution is 0.0682. The van der Waals surface area contributed by atoms with Gasteiger partial charge in [-0.1, -0.05) is 0 Å². The quantitative estimate of drug-likeness (QED) is 0.836. The minimum atomic E-state index is -0.978. The molecule has 4 nitrogen and oxygen atoms in total. The van der Waals surface area contributed by atoms with Crippen molar-refractivity contribution >= 4 is 17.3 Å². The van der Waals surface area contributed by atoms with E-state index < -0.39 is 5.97 Å². The highest BCUT2D eigenvalue weighted by molar-refractivity contribution is 7.11.